The summed E-state index contributed by atoms with van der Waals surface area (Å²) in [5, 5.41) is 9.72. The quantitative estimate of drug-likeness (QED) is 0.535. The lowest BCUT2D eigenvalue weighted by Gasteiger charge is -2.21. The van der Waals surface area contributed by atoms with Crippen LogP contribution in [0.3, 0.4) is 0 Å². The van der Waals surface area contributed by atoms with Crippen molar-refractivity contribution in [1.29, 1.82) is 0 Å². The molecule has 0 aromatic heterocycles. The highest BCUT2D eigenvalue weighted by Crippen LogP contribution is 2.52. The summed E-state index contributed by atoms with van der Waals surface area (Å²) >= 11 is 0. The standard InChI is InChI=1S/C15H26O8P2/c1-5-19-24(17,20-6-2)14-10-9-13(12-16)15(11-14)23-25(18,21-7-3)22-8-4/h9-11,16H,5-8,12H2,1-4H3. The summed E-state index contributed by atoms with van der Waals surface area (Å²) in [5.41, 5.74) is 0.336. The Hall–Kier alpha value is -0.720. The van der Waals surface area contributed by atoms with Crippen LogP contribution in [-0.2, 0) is 33.8 Å². The van der Waals surface area contributed by atoms with Crippen LogP contribution in [0.4, 0.5) is 0 Å². The van der Waals surface area contributed by atoms with Gasteiger partial charge in [0.2, 0.25) is 0 Å². The molecule has 0 aliphatic rings. The minimum absolute atomic E-state index is 0.0323. The van der Waals surface area contributed by atoms with E-state index in [0.717, 1.165) is 0 Å². The van der Waals surface area contributed by atoms with Gasteiger partial charge in [-0.1, -0.05) is 6.07 Å². The maximum atomic E-state index is 12.9. The summed E-state index contributed by atoms with van der Waals surface area (Å²) in [7, 11) is -7.42. The molecule has 0 amide bonds. The predicted molar refractivity (Wildman–Crippen MR) is 94.3 cm³/mol. The number of benzene rings is 1. The van der Waals surface area contributed by atoms with E-state index in [1.807, 2.05) is 0 Å². The second kappa shape index (κ2) is 10.4. The zero-order valence-electron chi connectivity index (χ0n) is 15.0. The van der Waals surface area contributed by atoms with Crippen LogP contribution in [0.2, 0.25) is 0 Å². The molecule has 0 aliphatic heterocycles. The third-order valence-electron chi connectivity index (χ3n) is 2.92. The lowest BCUT2D eigenvalue weighted by molar-refractivity contribution is 0.166. The lowest BCUT2D eigenvalue weighted by atomic mass is 10.2. The molecular formula is C15H26O8P2. The van der Waals surface area contributed by atoms with Crippen molar-refractivity contribution in [3.63, 3.8) is 0 Å². The van der Waals surface area contributed by atoms with E-state index in [2.05, 4.69) is 0 Å². The molecule has 0 saturated carbocycles. The minimum Gasteiger partial charge on any atom is -0.404 e. The summed E-state index contributed by atoms with van der Waals surface area (Å²) in [4.78, 5) is 0. The van der Waals surface area contributed by atoms with E-state index in [9.17, 15) is 14.2 Å². The highest BCUT2D eigenvalue weighted by Gasteiger charge is 2.31. The van der Waals surface area contributed by atoms with Crippen molar-refractivity contribution in [2.75, 3.05) is 26.4 Å². The first-order chi connectivity index (χ1) is 11.9. The monoisotopic (exact) mass is 396 g/mol. The van der Waals surface area contributed by atoms with Crippen molar-refractivity contribution in [2.45, 2.75) is 34.3 Å². The highest BCUT2D eigenvalue weighted by atomic mass is 31.2. The largest absolute Gasteiger partial charge is 0.530 e. The Morgan fingerprint density at radius 1 is 0.880 bits per heavy atom. The van der Waals surface area contributed by atoms with Crippen LogP contribution in [0.15, 0.2) is 18.2 Å². The van der Waals surface area contributed by atoms with E-state index < -0.39 is 15.4 Å². The molecule has 10 heteroatoms. The molecule has 8 nitrogen and oxygen atoms in total. The third-order valence-corrected chi connectivity index (χ3v) is 6.60. The van der Waals surface area contributed by atoms with Crippen LogP contribution >= 0.6 is 15.4 Å². The molecule has 0 aliphatic carbocycles. The van der Waals surface area contributed by atoms with Gasteiger partial charge in [0.25, 0.3) is 0 Å². The van der Waals surface area contributed by atoms with Crippen LogP contribution in [0, 0.1) is 0 Å². The molecule has 0 spiro atoms. The second-order valence-electron chi connectivity index (χ2n) is 4.66. The number of aliphatic hydroxyl groups excluding tert-OH is 1. The summed E-state index contributed by atoms with van der Waals surface area (Å²) in [5.74, 6) is 0.0323. The Kier molecular flexibility index (Phi) is 9.32. The van der Waals surface area contributed by atoms with Gasteiger partial charge in [-0.05, 0) is 39.8 Å². The van der Waals surface area contributed by atoms with E-state index in [4.69, 9.17) is 22.6 Å². The van der Waals surface area contributed by atoms with Gasteiger partial charge in [0.05, 0.1) is 38.3 Å². The number of hydrogen-bond donors (Lipinski definition) is 1. The molecule has 0 radical (unpaired) electrons. The SMILES string of the molecule is CCOP(=O)(OCC)Oc1cc(P(=O)(OCC)OCC)ccc1CO. The van der Waals surface area contributed by atoms with Crippen molar-refractivity contribution in [1.82, 2.24) is 0 Å². The third kappa shape index (κ3) is 6.19. The first-order valence-corrected chi connectivity index (χ1v) is 11.1. The molecule has 0 atom stereocenters. The van der Waals surface area contributed by atoms with Crippen LogP contribution in [0.1, 0.15) is 33.3 Å². The Balaban J connectivity index is 3.30. The summed E-state index contributed by atoms with van der Waals surface area (Å²) < 4.78 is 51.7. The Morgan fingerprint density at radius 2 is 1.40 bits per heavy atom. The van der Waals surface area contributed by atoms with Crippen molar-refractivity contribution in [2.24, 2.45) is 0 Å². The van der Waals surface area contributed by atoms with Gasteiger partial charge in [-0.3, -0.25) is 13.6 Å². The van der Waals surface area contributed by atoms with Crippen molar-refractivity contribution >= 4 is 20.7 Å². The van der Waals surface area contributed by atoms with E-state index in [-0.39, 0.29) is 44.1 Å². The van der Waals surface area contributed by atoms with Gasteiger partial charge in [0.1, 0.15) is 5.75 Å². The molecule has 0 fully saturated rings. The second-order valence-corrected chi connectivity index (χ2v) is 8.28. The van der Waals surface area contributed by atoms with E-state index >= 15 is 0 Å². The number of phosphoric acid groups is 1. The zero-order chi connectivity index (χ0) is 18.9. The topological polar surface area (TPSA) is 101 Å². The van der Waals surface area contributed by atoms with Crippen molar-refractivity contribution in [3.05, 3.63) is 23.8 Å². The molecule has 144 valence electrons. The molecule has 1 rings (SSSR count). The molecule has 0 heterocycles. The smallest absolute Gasteiger partial charge is 0.404 e. The number of hydrogen-bond acceptors (Lipinski definition) is 8. The number of rotatable bonds is 12. The molecule has 1 aromatic rings. The van der Waals surface area contributed by atoms with E-state index in [0.29, 0.717) is 5.56 Å². The fourth-order valence-corrected chi connectivity index (χ4v) is 4.79. The van der Waals surface area contributed by atoms with Crippen LogP contribution in [-0.4, -0.2) is 31.5 Å². The molecule has 1 aromatic carbocycles. The summed E-state index contributed by atoms with van der Waals surface area (Å²) in [6.07, 6.45) is 0. The van der Waals surface area contributed by atoms with E-state index in [1.54, 1.807) is 27.7 Å². The number of aliphatic hydroxyl groups is 1. The highest BCUT2D eigenvalue weighted by molar-refractivity contribution is 7.62. The van der Waals surface area contributed by atoms with Gasteiger partial charge in [-0.15, -0.1) is 0 Å². The Bertz CT molecular complexity index is 614. The van der Waals surface area contributed by atoms with Gasteiger partial charge >= 0.3 is 15.4 Å². The van der Waals surface area contributed by atoms with Gasteiger partial charge in [-0.2, -0.15) is 0 Å². The Morgan fingerprint density at radius 3 is 1.84 bits per heavy atom. The average Bonchev–Trinajstić information content (AvgIpc) is 2.55. The van der Waals surface area contributed by atoms with Crippen LogP contribution in [0.5, 0.6) is 5.75 Å². The molecule has 0 bridgehead atoms. The summed E-state index contributed by atoms with van der Waals surface area (Å²) in [6, 6.07) is 4.37. The van der Waals surface area contributed by atoms with Crippen LogP contribution in [0.25, 0.3) is 0 Å². The first-order valence-electron chi connectivity index (χ1n) is 8.10. The van der Waals surface area contributed by atoms with Gasteiger partial charge in [0.15, 0.2) is 0 Å². The van der Waals surface area contributed by atoms with Crippen molar-refractivity contribution in [3.8, 4) is 5.75 Å². The van der Waals surface area contributed by atoms with Crippen LogP contribution < -0.4 is 9.83 Å². The molecular weight excluding hydrogens is 370 g/mol. The predicted octanol–water partition coefficient (Wildman–Crippen LogP) is 3.63. The number of phosphoric ester groups is 1. The lowest BCUT2D eigenvalue weighted by Crippen LogP contribution is -2.13. The Labute approximate surface area is 148 Å². The van der Waals surface area contributed by atoms with Gasteiger partial charge < -0.3 is 18.7 Å². The maximum Gasteiger partial charge on any atom is 0.530 e. The zero-order valence-corrected chi connectivity index (χ0v) is 16.8. The first kappa shape index (κ1) is 22.3. The minimum atomic E-state index is -3.87. The fraction of sp³-hybridized carbons (Fsp3) is 0.600. The molecule has 1 N–H and O–H groups in total. The normalized spacial score (nSPS) is 12.4. The van der Waals surface area contributed by atoms with Crippen molar-refractivity contribution < 1.29 is 36.9 Å². The average molecular weight is 396 g/mol. The molecule has 0 unspecified atom stereocenters. The summed E-state index contributed by atoms with van der Waals surface area (Å²) in [6.45, 7) is 6.92. The molecule has 0 saturated heterocycles. The fourth-order valence-electron chi connectivity index (χ4n) is 1.98. The van der Waals surface area contributed by atoms with E-state index in [1.165, 1.54) is 18.2 Å². The van der Waals surface area contributed by atoms with Gasteiger partial charge in [0, 0.05) is 5.56 Å². The maximum absolute atomic E-state index is 12.9. The van der Waals surface area contributed by atoms with Gasteiger partial charge in [-0.25, -0.2) is 4.57 Å². The molecule has 25 heavy (non-hydrogen) atoms.